The number of nitrogens with zero attached hydrogens (tertiary/aromatic N) is 3. The van der Waals surface area contributed by atoms with E-state index >= 15 is 0 Å². The predicted octanol–water partition coefficient (Wildman–Crippen LogP) is 1.85. The molecule has 0 atom stereocenters. The third-order valence-electron chi connectivity index (χ3n) is 2.93. The number of rotatable bonds is 2. The molecule has 8 heteroatoms. The fraction of sp³-hybridized carbons (Fsp3) is 0.154. The second-order valence-electron chi connectivity index (χ2n) is 4.27. The van der Waals surface area contributed by atoms with Gasteiger partial charge >= 0.3 is 5.69 Å². The smallest absolute Gasteiger partial charge is 0.333 e. The second kappa shape index (κ2) is 5.75. The lowest BCUT2D eigenvalue weighted by molar-refractivity contribution is 0.410. The highest BCUT2D eigenvalue weighted by Gasteiger charge is 2.13. The summed E-state index contributed by atoms with van der Waals surface area (Å²) in [4.78, 5) is 27.6. The molecule has 0 bridgehead atoms. The largest absolute Gasteiger partial charge is 0.494 e. The van der Waals surface area contributed by atoms with Gasteiger partial charge in [0.2, 0.25) is 5.88 Å². The number of aromatic nitrogens is 2. The number of aromatic hydroxyl groups is 1. The van der Waals surface area contributed by atoms with Crippen molar-refractivity contribution in [1.29, 1.82) is 0 Å². The van der Waals surface area contributed by atoms with E-state index in [0.717, 1.165) is 15.3 Å². The van der Waals surface area contributed by atoms with Gasteiger partial charge in [0.25, 0.3) is 5.56 Å². The normalized spacial score (nSPS) is 11.2. The Hall–Kier alpha value is -2.05. The number of halogens is 2. The fourth-order valence-electron chi connectivity index (χ4n) is 1.70. The Morgan fingerprint density at radius 1 is 1.19 bits per heavy atom. The first-order valence-electron chi connectivity index (χ1n) is 5.81. The zero-order chi connectivity index (χ0) is 15.7. The highest BCUT2D eigenvalue weighted by molar-refractivity contribution is 6.43. The van der Waals surface area contributed by atoms with Gasteiger partial charge in [0.15, 0.2) is 0 Å². The maximum atomic E-state index is 12.0. The third-order valence-corrected chi connectivity index (χ3v) is 3.74. The first-order chi connectivity index (χ1) is 9.84. The van der Waals surface area contributed by atoms with Gasteiger partial charge in [-0.2, -0.15) is 0 Å². The molecule has 0 aliphatic heterocycles. The third kappa shape index (κ3) is 2.72. The summed E-state index contributed by atoms with van der Waals surface area (Å²) < 4.78 is 1.82. The number of hydrogen-bond donors (Lipinski definition) is 1. The molecule has 0 radical (unpaired) electrons. The topological polar surface area (TPSA) is 76.6 Å². The quantitative estimate of drug-likeness (QED) is 0.855. The molecule has 2 aromatic rings. The standard InChI is InChI=1S/C13H11Cl2N3O3/c1-17-11(19)7(12(20)18(2)13(17)21)6-16-9-5-3-4-8(14)10(9)15/h3-6,19H,1-2H3. The van der Waals surface area contributed by atoms with E-state index in [0.29, 0.717) is 10.7 Å². The molecule has 0 fully saturated rings. The minimum atomic E-state index is -0.655. The Morgan fingerprint density at radius 2 is 1.86 bits per heavy atom. The first kappa shape index (κ1) is 15.3. The van der Waals surface area contributed by atoms with E-state index in [-0.39, 0.29) is 10.6 Å². The lowest BCUT2D eigenvalue weighted by Crippen LogP contribution is -2.38. The molecule has 0 saturated heterocycles. The molecule has 6 nitrogen and oxygen atoms in total. The predicted molar refractivity (Wildman–Crippen MR) is 82.3 cm³/mol. The minimum absolute atomic E-state index is 0.115. The van der Waals surface area contributed by atoms with Gasteiger partial charge in [-0.25, -0.2) is 4.79 Å². The highest BCUT2D eigenvalue weighted by Crippen LogP contribution is 2.31. The Morgan fingerprint density at radius 3 is 2.52 bits per heavy atom. The van der Waals surface area contributed by atoms with Crippen molar-refractivity contribution in [2.24, 2.45) is 19.1 Å². The lowest BCUT2D eigenvalue weighted by Gasteiger charge is -2.07. The van der Waals surface area contributed by atoms with Gasteiger partial charge < -0.3 is 5.11 Å². The van der Waals surface area contributed by atoms with Crippen LogP contribution in [0.15, 0.2) is 32.8 Å². The van der Waals surface area contributed by atoms with Crippen molar-refractivity contribution in [2.45, 2.75) is 0 Å². The molecule has 110 valence electrons. The van der Waals surface area contributed by atoms with E-state index in [1.54, 1.807) is 18.2 Å². The molecule has 1 aromatic carbocycles. The number of benzene rings is 1. The second-order valence-corrected chi connectivity index (χ2v) is 5.06. The summed E-state index contributed by atoms with van der Waals surface area (Å²) in [7, 11) is 2.66. The van der Waals surface area contributed by atoms with E-state index < -0.39 is 17.1 Å². The molecule has 0 saturated carbocycles. The summed E-state index contributed by atoms with van der Waals surface area (Å²) in [5.74, 6) is -0.468. The Bertz CT molecular complexity index is 853. The van der Waals surface area contributed by atoms with Crippen LogP contribution in [0.2, 0.25) is 10.0 Å². The van der Waals surface area contributed by atoms with E-state index in [9.17, 15) is 14.7 Å². The number of hydrogen-bond acceptors (Lipinski definition) is 4. The van der Waals surface area contributed by atoms with Crippen LogP contribution in [0.4, 0.5) is 5.69 Å². The van der Waals surface area contributed by atoms with E-state index in [2.05, 4.69) is 4.99 Å². The summed E-state index contributed by atoms with van der Waals surface area (Å²) >= 11 is 11.8. The number of aliphatic imine (C=N–C) groups is 1. The molecule has 0 aliphatic rings. The summed E-state index contributed by atoms with van der Waals surface area (Å²) in [6, 6.07) is 4.86. The molecule has 1 N–H and O–H groups in total. The highest BCUT2D eigenvalue weighted by atomic mass is 35.5. The maximum Gasteiger partial charge on any atom is 0.333 e. The first-order valence-corrected chi connectivity index (χ1v) is 6.57. The van der Waals surface area contributed by atoms with Crippen LogP contribution in [0.25, 0.3) is 0 Å². The molecule has 0 unspecified atom stereocenters. The molecule has 1 aromatic heterocycles. The lowest BCUT2D eigenvalue weighted by atomic mass is 10.3. The fourth-order valence-corrected chi connectivity index (χ4v) is 2.04. The van der Waals surface area contributed by atoms with Crippen molar-refractivity contribution in [2.75, 3.05) is 0 Å². The van der Waals surface area contributed by atoms with Crippen molar-refractivity contribution in [3.8, 4) is 5.88 Å². The van der Waals surface area contributed by atoms with Gasteiger partial charge in [-0.3, -0.25) is 18.9 Å². The van der Waals surface area contributed by atoms with Gasteiger partial charge in [0.1, 0.15) is 5.56 Å². The van der Waals surface area contributed by atoms with Crippen LogP contribution in [0.1, 0.15) is 5.56 Å². The molecule has 21 heavy (non-hydrogen) atoms. The summed E-state index contributed by atoms with van der Waals surface area (Å²) in [5, 5.41) is 10.4. The van der Waals surface area contributed by atoms with Gasteiger partial charge in [0, 0.05) is 20.3 Å². The monoisotopic (exact) mass is 327 g/mol. The Labute approximate surface area is 129 Å². The minimum Gasteiger partial charge on any atom is -0.494 e. The molecule has 0 aliphatic carbocycles. The van der Waals surface area contributed by atoms with Crippen LogP contribution in [0.5, 0.6) is 5.88 Å². The maximum absolute atomic E-state index is 12.0. The van der Waals surface area contributed by atoms with Crippen LogP contribution in [0.3, 0.4) is 0 Å². The SMILES string of the molecule is Cn1c(O)c(C=Nc2cccc(Cl)c2Cl)c(=O)n(C)c1=O. The van der Waals surface area contributed by atoms with Gasteiger partial charge in [-0.15, -0.1) is 0 Å². The van der Waals surface area contributed by atoms with E-state index in [4.69, 9.17) is 23.2 Å². The van der Waals surface area contributed by atoms with E-state index in [1.165, 1.54) is 14.1 Å². The molecule has 1 heterocycles. The van der Waals surface area contributed by atoms with Gasteiger partial charge in [0.05, 0.1) is 15.7 Å². The van der Waals surface area contributed by atoms with Crippen molar-refractivity contribution >= 4 is 35.1 Å². The van der Waals surface area contributed by atoms with Crippen molar-refractivity contribution < 1.29 is 5.11 Å². The van der Waals surface area contributed by atoms with Crippen molar-refractivity contribution in [3.63, 3.8) is 0 Å². The Balaban J connectivity index is 2.60. The van der Waals surface area contributed by atoms with Crippen LogP contribution in [-0.4, -0.2) is 20.5 Å². The molecule has 0 spiro atoms. The Kier molecular flexibility index (Phi) is 4.20. The van der Waals surface area contributed by atoms with Gasteiger partial charge in [-0.1, -0.05) is 29.3 Å². The zero-order valence-electron chi connectivity index (χ0n) is 11.2. The summed E-state index contributed by atoms with van der Waals surface area (Å²) in [5.41, 5.74) is -1.05. The average molecular weight is 328 g/mol. The van der Waals surface area contributed by atoms with Crippen molar-refractivity contribution in [1.82, 2.24) is 9.13 Å². The molecular formula is C13H11Cl2N3O3. The van der Waals surface area contributed by atoms with Crippen LogP contribution < -0.4 is 11.2 Å². The molecule has 2 rings (SSSR count). The molecule has 0 amide bonds. The summed E-state index contributed by atoms with van der Waals surface area (Å²) in [6.07, 6.45) is 1.15. The summed E-state index contributed by atoms with van der Waals surface area (Å²) in [6.45, 7) is 0. The molecular weight excluding hydrogens is 317 g/mol. The van der Waals surface area contributed by atoms with Crippen LogP contribution >= 0.6 is 23.2 Å². The van der Waals surface area contributed by atoms with Crippen LogP contribution in [-0.2, 0) is 14.1 Å². The van der Waals surface area contributed by atoms with E-state index in [1.807, 2.05) is 0 Å². The average Bonchev–Trinajstić information content (AvgIpc) is 2.47. The zero-order valence-corrected chi connectivity index (χ0v) is 12.7. The van der Waals surface area contributed by atoms with Gasteiger partial charge in [-0.05, 0) is 12.1 Å². The van der Waals surface area contributed by atoms with Crippen molar-refractivity contribution in [3.05, 3.63) is 54.6 Å². The van der Waals surface area contributed by atoms with Crippen LogP contribution in [0, 0.1) is 0 Å².